The number of carbonyl (C=O) groups excluding carboxylic acids is 3. The van der Waals surface area contributed by atoms with Crippen molar-refractivity contribution in [3.05, 3.63) is 47.7 Å². The predicted molar refractivity (Wildman–Crippen MR) is 87.9 cm³/mol. The highest BCUT2D eigenvalue weighted by atomic mass is 16.6. The molecule has 1 aromatic carbocycles. The number of amidine groups is 1. The zero-order chi connectivity index (χ0) is 18.1. The van der Waals surface area contributed by atoms with Crippen molar-refractivity contribution in [1.29, 1.82) is 5.41 Å². The molecule has 0 spiro atoms. The fraction of sp³-hybridized carbons (Fsp3) is 0.250. The number of hydrogen-bond acceptors (Lipinski definition) is 7. The van der Waals surface area contributed by atoms with Crippen molar-refractivity contribution < 1.29 is 19.1 Å². The average Bonchev–Trinajstić information content (AvgIpc) is 2.55. The van der Waals surface area contributed by atoms with Gasteiger partial charge in [0.2, 0.25) is 0 Å². The molecule has 8 heteroatoms. The first-order valence-corrected chi connectivity index (χ1v) is 7.16. The van der Waals surface area contributed by atoms with Gasteiger partial charge in [-0.2, -0.15) is 0 Å². The molecule has 128 valence electrons. The summed E-state index contributed by atoms with van der Waals surface area (Å²) in [6, 6.07) is 5.22. The Balaban J connectivity index is 2.95. The second-order valence-corrected chi connectivity index (χ2v) is 5.00. The molecule has 0 heterocycles. The zero-order valence-electron chi connectivity index (χ0n) is 13.0. The fourth-order valence-corrected chi connectivity index (χ4v) is 1.92. The smallest absolute Gasteiger partial charge is 0.331 e. The molecule has 0 amide bonds. The minimum atomic E-state index is -1.18. The molecular weight excluding hydrogens is 312 g/mol. The zero-order valence-corrected chi connectivity index (χ0v) is 13.0. The van der Waals surface area contributed by atoms with Gasteiger partial charge in [0.05, 0.1) is 5.92 Å². The minimum absolute atomic E-state index is 0.0995. The Labute approximate surface area is 139 Å². The quantitative estimate of drug-likeness (QED) is 0.170. The van der Waals surface area contributed by atoms with E-state index < -0.39 is 23.9 Å². The molecule has 1 aromatic rings. The van der Waals surface area contributed by atoms with E-state index in [0.717, 1.165) is 0 Å². The second kappa shape index (κ2) is 9.21. The third-order valence-corrected chi connectivity index (χ3v) is 3.27. The molecule has 24 heavy (non-hydrogen) atoms. The standard InChI is InChI=1S/C16H20N4O4/c17-8-1-2-12(10-3-5-11(6-4-10)14(19)20)15(22)24-16(23)13(18)7-9-21/h1,3-6,8-9,12-13H,2,7,17-18H2,(H3,19,20). The lowest BCUT2D eigenvalue weighted by molar-refractivity contribution is -0.162. The van der Waals surface area contributed by atoms with Crippen molar-refractivity contribution >= 4 is 24.1 Å². The van der Waals surface area contributed by atoms with Gasteiger partial charge in [0.15, 0.2) is 0 Å². The maximum Gasteiger partial charge on any atom is 0.331 e. The third kappa shape index (κ3) is 5.33. The molecule has 8 nitrogen and oxygen atoms in total. The minimum Gasteiger partial charge on any atom is -0.405 e. The average molecular weight is 332 g/mol. The molecule has 7 N–H and O–H groups in total. The van der Waals surface area contributed by atoms with E-state index in [0.29, 0.717) is 17.4 Å². The van der Waals surface area contributed by atoms with Crippen LogP contribution in [-0.4, -0.2) is 30.1 Å². The molecule has 0 aliphatic heterocycles. The van der Waals surface area contributed by atoms with E-state index in [1.807, 2.05) is 0 Å². The Morgan fingerprint density at radius 3 is 2.29 bits per heavy atom. The van der Waals surface area contributed by atoms with Gasteiger partial charge in [-0.05, 0) is 18.2 Å². The van der Waals surface area contributed by atoms with Crippen LogP contribution in [0.5, 0.6) is 0 Å². The molecule has 2 unspecified atom stereocenters. The molecule has 0 aliphatic rings. The molecule has 0 aromatic heterocycles. The largest absolute Gasteiger partial charge is 0.405 e. The van der Waals surface area contributed by atoms with Gasteiger partial charge >= 0.3 is 11.9 Å². The molecular formula is C16H20N4O4. The Hall–Kier alpha value is -3.00. The van der Waals surface area contributed by atoms with Crippen LogP contribution in [0.4, 0.5) is 0 Å². The van der Waals surface area contributed by atoms with Gasteiger partial charge in [-0.3, -0.25) is 10.2 Å². The summed E-state index contributed by atoms with van der Waals surface area (Å²) in [7, 11) is 0. The van der Waals surface area contributed by atoms with E-state index in [9.17, 15) is 14.4 Å². The van der Waals surface area contributed by atoms with Gasteiger partial charge in [0, 0.05) is 12.0 Å². The summed E-state index contributed by atoms with van der Waals surface area (Å²) in [5.41, 5.74) is 17.2. The molecule has 0 fully saturated rings. The van der Waals surface area contributed by atoms with Crippen LogP contribution >= 0.6 is 0 Å². The van der Waals surface area contributed by atoms with Crippen LogP contribution in [0.25, 0.3) is 0 Å². The molecule has 0 saturated heterocycles. The van der Waals surface area contributed by atoms with Crippen molar-refractivity contribution in [1.82, 2.24) is 0 Å². The molecule has 1 rings (SSSR count). The van der Waals surface area contributed by atoms with Crippen LogP contribution in [0.15, 0.2) is 36.5 Å². The van der Waals surface area contributed by atoms with Gasteiger partial charge < -0.3 is 26.7 Å². The van der Waals surface area contributed by atoms with Gasteiger partial charge in [0.1, 0.15) is 18.2 Å². The predicted octanol–water partition coefficient (Wildman–Crippen LogP) is -0.0971. The molecule has 2 atom stereocenters. The first-order chi connectivity index (χ1) is 11.4. The second-order valence-electron chi connectivity index (χ2n) is 5.00. The van der Waals surface area contributed by atoms with Crippen molar-refractivity contribution in [2.24, 2.45) is 17.2 Å². The topological polar surface area (TPSA) is 162 Å². The van der Waals surface area contributed by atoms with E-state index in [1.165, 1.54) is 6.20 Å². The maximum absolute atomic E-state index is 12.3. The Morgan fingerprint density at radius 1 is 1.17 bits per heavy atom. The highest BCUT2D eigenvalue weighted by molar-refractivity contribution is 5.95. The highest BCUT2D eigenvalue weighted by Crippen LogP contribution is 2.23. The number of benzene rings is 1. The number of carbonyl (C=O) groups is 3. The van der Waals surface area contributed by atoms with Gasteiger partial charge in [-0.25, -0.2) is 4.79 Å². The molecule has 0 radical (unpaired) electrons. The Morgan fingerprint density at radius 2 is 1.79 bits per heavy atom. The normalized spacial score (nSPS) is 13.2. The first kappa shape index (κ1) is 19.0. The number of ether oxygens (including phenoxy) is 1. The lowest BCUT2D eigenvalue weighted by Gasteiger charge is -2.15. The number of hydrogen-bond donors (Lipinski definition) is 4. The van der Waals surface area contributed by atoms with Crippen LogP contribution in [0.1, 0.15) is 29.9 Å². The SMILES string of the molecule is N=C(N)c1ccc(C(CC=CN)C(=O)OC(=O)C(N)CC=O)cc1. The van der Waals surface area contributed by atoms with E-state index >= 15 is 0 Å². The van der Waals surface area contributed by atoms with Crippen molar-refractivity contribution in [3.8, 4) is 0 Å². The summed E-state index contributed by atoms with van der Waals surface area (Å²) in [6.45, 7) is 0. The molecule has 0 bridgehead atoms. The third-order valence-electron chi connectivity index (χ3n) is 3.27. The van der Waals surface area contributed by atoms with Crippen molar-refractivity contribution in [3.63, 3.8) is 0 Å². The van der Waals surface area contributed by atoms with E-state index in [1.54, 1.807) is 30.3 Å². The molecule has 0 saturated carbocycles. The highest BCUT2D eigenvalue weighted by Gasteiger charge is 2.26. The van der Waals surface area contributed by atoms with Gasteiger partial charge in [0.25, 0.3) is 0 Å². The summed E-state index contributed by atoms with van der Waals surface area (Å²) < 4.78 is 4.75. The van der Waals surface area contributed by atoms with E-state index in [2.05, 4.69) is 0 Å². The van der Waals surface area contributed by atoms with Crippen LogP contribution < -0.4 is 17.2 Å². The van der Waals surface area contributed by atoms with E-state index in [4.69, 9.17) is 27.3 Å². The van der Waals surface area contributed by atoms with Gasteiger partial charge in [-0.1, -0.05) is 30.3 Å². The summed E-state index contributed by atoms with van der Waals surface area (Å²) in [4.78, 5) is 34.3. The lowest BCUT2D eigenvalue weighted by Crippen LogP contribution is -2.35. The first-order valence-electron chi connectivity index (χ1n) is 7.16. The number of nitrogens with two attached hydrogens (primary N) is 3. The summed E-state index contributed by atoms with van der Waals surface area (Å²) in [5, 5.41) is 7.36. The van der Waals surface area contributed by atoms with Crippen molar-refractivity contribution in [2.75, 3.05) is 0 Å². The summed E-state index contributed by atoms with van der Waals surface area (Å²) in [6.07, 6.45) is 3.30. The van der Waals surface area contributed by atoms with Crippen LogP contribution in [0.2, 0.25) is 0 Å². The van der Waals surface area contributed by atoms with Crippen LogP contribution in [0.3, 0.4) is 0 Å². The van der Waals surface area contributed by atoms with Crippen LogP contribution in [0, 0.1) is 5.41 Å². The number of allylic oxidation sites excluding steroid dienone is 1. The monoisotopic (exact) mass is 332 g/mol. The van der Waals surface area contributed by atoms with Gasteiger partial charge in [-0.15, -0.1) is 0 Å². The van der Waals surface area contributed by atoms with Crippen LogP contribution in [-0.2, 0) is 19.1 Å². The summed E-state index contributed by atoms with van der Waals surface area (Å²) in [5.74, 6) is -2.64. The Bertz CT molecular complexity index is 640. The Kier molecular flexibility index (Phi) is 7.31. The number of rotatable bonds is 8. The number of aldehydes is 1. The lowest BCUT2D eigenvalue weighted by atomic mass is 9.94. The summed E-state index contributed by atoms with van der Waals surface area (Å²) >= 11 is 0. The number of esters is 2. The number of nitrogens with one attached hydrogen (secondary N) is 1. The fourth-order valence-electron chi connectivity index (χ4n) is 1.92. The van der Waals surface area contributed by atoms with E-state index in [-0.39, 0.29) is 18.7 Å². The molecule has 0 aliphatic carbocycles. The number of nitrogen functional groups attached to an aromatic ring is 1. The van der Waals surface area contributed by atoms with Crippen molar-refractivity contribution in [2.45, 2.75) is 24.8 Å². The maximum atomic E-state index is 12.3.